The van der Waals surface area contributed by atoms with Gasteiger partial charge in [0.05, 0.1) is 13.0 Å². The van der Waals surface area contributed by atoms with Gasteiger partial charge in [0.25, 0.3) is 0 Å². The van der Waals surface area contributed by atoms with Crippen molar-refractivity contribution in [3.05, 3.63) is 64.7 Å². The van der Waals surface area contributed by atoms with Crippen LogP contribution < -0.4 is 4.90 Å². The molecule has 4 heteroatoms. The number of esters is 1. The van der Waals surface area contributed by atoms with Crippen molar-refractivity contribution in [2.45, 2.75) is 19.4 Å². The summed E-state index contributed by atoms with van der Waals surface area (Å²) in [5.74, 6) is -0.708. The zero-order valence-corrected chi connectivity index (χ0v) is 13.5. The van der Waals surface area contributed by atoms with Gasteiger partial charge in [0.2, 0.25) is 0 Å². The Balaban J connectivity index is 2.12. The number of nitrogens with zero attached hydrogens (tertiary/aromatic N) is 1. The molecule has 0 N–H and O–H groups in total. The van der Waals surface area contributed by atoms with Crippen molar-refractivity contribution in [2.75, 3.05) is 19.1 Å². The fourth-order valence-electron chi connectivity index (χ4n) is 3.02. The topological polar surface area (TPSA) is 46.6 Å². The van der Waals surface area contributed by atoms with Crippen LogP contribution in [0.4, 0.5) is 5.69 Å². The van der Waals surface area contributed by atoms with Crippen LogP contribution >= 0.6 is 0 Å². The maximum absolute atomic E-state index is 12.9. The first kappa shape index (κ1) is 15.3. The molecule has 1 aliphatic heterocycles. The Morgan fingerprint density at radius 2 is 1.91 bits per heavy atom. The van der Waals surface area contributed by atoms with E-state index in [4.69, 9.17) is 4.74 Å². The molecule has 0 aromatic heterocycles. The van der Waals surface area contributed by atoms with Crippen molar-refractivity contribution >= 4 is 17.4 Å². The number of carbonyl (C=O) groups excluding carboxylic acids is 2. The van der Waals surface area contributed by atoms with Crippen molar-refractivity contribution in [3.8, 4) is 0 Å². The van der Waals surface area contributed by atoms with Gasteiger partial charge in [-0.2, -0.15) is 0 Å². The van der Waals surface area contributed by atoms with Gasteiger partial charge in [-0.3, -0.25) is 9.59 Å². The molecule has 0 fully saturated rings. The van der Waals surface area contributed by atoms with E-state index in [9.17, 15) is 9.59 Å². The van der Waals surface area contributed by atoms with Crippen LogP contribution in [0.5, 0.6) is 0 Å². The fourth-order valence-corrected chi connectivity index (χ4v) is 3.02. The van der Waals surface area contributed by atoms with E-state index in [1.54, 1.807) is 6.92 Å². The lowest BCUT2D eigenvalue weighted by Gasteiger charge is -2.20. The van der Waals surface area contributed by atoms with Gasteiger partial charge < -0.3 is 9.64 Å². The van der Waals surface area contributed by atoms with Gasteiger partial charge in [0, 0.05) is 30.4 Å². The standard InChI is InChI=1S/C19H19NO3/c1-12(19(22)23-3)13-8-9-17-16(10-13)18(21)15-7-5-4-6-14(15)11-20(17)2/h4-10,12H,11H2,1-3H3. The van der Waals surface area contributed by atoms with E-state index in [-0.39, 0.29) is 11.8 Å². The number of ketones is 1. The minimum atomic E-state index is -0.401. The van der Waals surface area contributed by atoms with Crippen molar-refractivity contribution in [3.63, 3.8) is 0 Å². The Labute approximate surface area is 135 Å². The summed E-state index contributed by atoms with van der Waals surface area (Å²) in [4.78, 5) is 26.8. The number of fused-ring (bicyclic) bond motifs is 2. The van der Waals surface area contributed by atoms with Crippen LogP contribution in [0, 0.1) is 0 Å². The lowest BCUT2D eigenvalue weighted by Crippen LogP contribution is -2.17. The van der Waals surface area contributed by atoms with Gasteiger partial charge in [-0.15, -0.1) is 0 Å². The van der Waals surface area contributed by atoms with E-state index >= 15 is 0 Å². The molecular weight excluding hydrogens is 290 g/mol. The van der Waals surface area contributed by atoms with E-state index in [0.717, 1.165) is 22.4 Å². The number of anilines is 1. The van der Waals surface area contributed by atoms with Crippen LogP contribution in [-0.4, -0.2) is 25.9 Å². The largest absolute Gasteiger partial charge is 0.469 e. The third-order valence-corrected chi connectivity index (χ3v) is 4.40. The summed E-state index contributed by atoms with van der Waals surface area (Å²) >= 11 is 0. The lowest BCUT2D eigenvalue weighted by atomic mass is 9.94. The third kappa shape index (κ3) is 2.61. The number of methoxy groups -OCH3 is 1. The molecule has 0 amide bonds. The number of ether oxygens (including phenoxy) is 1. The number of rotatable bonds is 2. The molecular formula is C19H19NO3. The van der Waals surface area contributed by atoms with Crippen molar-refractivity contribution in [1.29, 1.82) is 0 Å². The molecule has 0 saturated carbocycles. The molecule has 0 saturated heterocycles. The third-order valence-electron chi connectivity index (χ3n) is 4.40. The maximum Gasteiger partial charge on any atom is 0.312 e. The molecule has 1 unspecified atom stereocenters. The van der Waals surface area contributed by atoms with Crippen molar-refractivity contribution < 1.29 is 14.3 Å². The molecule has 0 bridgehead atoms. The number of benzene rings is 2. The van der Waals surface area contributed by atoms with E-state index in [0.29, 0.717) is 12.1 Å². The Bertz CT molecular complexity index is 782. The molecule has 4 nitrogen and oxygen atoms in total. The summed E-state index contributed by atoms with van der Waals surface area (Å²) in [6.45, 7) is 2.47. The first-order chi connectivity index (χ1) is 11.0. The van der Waals surface area contributed by atoms with Gasteiger partial charge in [-0.1, -0.05) is 30.3 Å². The predicted octanol–water partition coefficient (Wildman–Crippen LogP) is 3.14. The minimum absolute atomic E-state index is 0.00105. The van der Waals surface area contributed by atoms with Crippen LogP contribution in [0.3, 0.4) is 0 Å². The maximum atomic E-state index is 12.9. The molecule has 0 spiro atoms. The summed E-state index contributed by atoms with van der Waals surface area (Å²) in [7, 11) is 3.34. The average molecular weight is 309 g/mol. The fraction of sp³-hybridized carbons (Fsp3) is 0.263. The highest BCUT2D eigenvalue weighted by molar-refractivity contribution is 6.14. The molecule has 118 valence electrons. The van der Waals surface area contributed by atoms with Gasteiger partial charge in [-0.25, -0.2) is 0 Å². The Hall–Kier alpha value is -2.62. The first-order valence-corrected chi connectivity index (χ1v) is 7.58. The summed E-state index contributed by atoms with van der Waals surface area (Å²) in [5, 5.41) is 0. The lowest BCUT2D eigenvalue weighted by molar-refractivity contribution is -0.141. The summed E-state index contributed by atoms with van der Waals surface area (Å²) in [5.41, 5.74) is 4.04. The molecule has 0 radical (unpaired) electrons. The molecule has 0 aliphatic carbocycles. The van der Waals surface area contributed by atoms with Gasteiger partial charge >= 0.3 is 5.97 Å². The zero-order valence-electron chi connectivity index (χ0n) is 13.5. The number of hydrogen-bond acceptors (Lipinski definition) is 4. The van der Waals surface area contributed by atoms with E-state index in [2.05, 4.69) is 4.90 Å². The Morgan fingerprint density at radius 1 is 1.17 bits per heavy atom. The summed E-state index contributed by atoms with van der Waals surface area (Å²) < 4.78 is 4.81. The van der Waals surface area contributed by atoms with E-state index in [1.165, 1.54) is 7.11 Å². The summed E-state index contributed by atoms with van der Waals surface area (Å²) in [6.07, 6.45) is 0. The minimum Gasteiger partial charge on any atom is -0.469 e. The normalized spacial score (nSPS) is 14.6. The average Bonchev–Trinajstić information content (AvgIpc) is 2.69. The van der Waals surface area contributed by atoms with Crippen LogP contribution in [-0.2, 0) is 16.1 Å². The highest BCUT2D eigenvalue weighted by Gasteiger charge is 2.25. The molecule has 23 heavy (non-hydrogen) atoms. The quantitative estimate of drug-likeness (QED) is 0.800. The second-order valence-corrected chi connectivity index (χ2v) is 5.86. The molecule has 1 aliphatic rings. The molecule has 1 atom stereocenters. The SMILES string of the molecule is COC(=O)C(C)c1ccc2c(c1)C(=O)c1ccccc1CN2C. The van der Waals surface area contributed by atoms with Gasteiger partial charge in [0.1, 0.15) is 0 Å². The van der Waals surface area contributed by atoms with Crippen LogP contribution in [0.1, 0.15) is 39.9 Å². The van der Waals surface area contributed by atoms with E-state index < -0.39 is 5.92 Å². The second-order valence-electron chi connectivity index (χ2n) is 5.86. The van der Waals surface area contributed by atoms with Crippen LogP contribution in [0.2, 0.25) is 0 Å². The monoisotopic (exact) mass is 309 g/mol. The zero-order chi connectivity index (χ0) is 16.6. The van der Waals surface area contributed by atoms with Crippen molar-refractivity contribution in [2.24, 2.45) is 0 Å². The van der Waals surface area contributed by atoms with Gasteiger partial charge in [0.15, 0.2) is 5.78 Å². The number of hydrogen-bond donors (Lipinski definition) is 0. The molecule has 1 heterocycles. The summed E-state index contributed by atoms with van der Waals surface area (Å²) in [6, 6.07) is 13.3. The second kappa shape index (κ2) is 5.88. The Kier molecular flexibility index (Phi) is 3.90. The molecule has 3 rings (SSSR count). The molecule has 2 aromatic rings. The first-order valence-electron chi connectivity index (χ1n) is 7.58. The van der Waals surface area contributed by atoms with Crippen LogP contribution in [0.15, 0.2) is 42.5 Å². The number of carbonyl (C=O) groups is 2. The smallest absolute Gasteiger partial charge is 0.312 e. The highest BCUT2D eigenvalue weighted by Crippen LogP contribution is 2.32. The van der Waals surface area contributed by atoms with Crippen molar-refractivity contribution in [1.82, 2.24) is 0 Å². The Morgan fingerprint density at radius 3 is 2.65 bits per heavy atom. The van der Waals surface area contributed by atoms with Crippen LogP contribution in [0.25, 0.3) is 0 Å². The molecule has 2 aromatic carbocycles. The highest BCUT2D eigenvalue weighted by atomic mass is 16.5. The predicted molar refractivity (Wildman–Crippen MR) is 88.9 cm³/mol. The van der Waals surface area contributed by atoms with Gasteiger partial charge in [-0.05, 0) is 30.2 Å². The van der Waals surface area contributed by atoms with E-state index in [1.807, 2.05) is 49.5 Å².